The average Bonchev–Trinajstić information content (AvgIpc) is 2.37. The smallest absolute Gasteiger partial charge is 0.407 e. The zero-order chi connectivity index (χ0) is 17.2. The molecule has 0 aliphatic carbocycles. The molecule has 130 valence electrons. The second kappa shape index (κ2) is 9.66. The zero-order valence-corrected chi connectivity index (χ0v) is 14.9. The number of carbonyl (C=O) groups excluding carboxylic acids is 2. The lowest BCUT2D eigenvalue weighted by molar-refractivity contribution is -0.130. The first-order chi connectivity index (χ1) is 10.1. The molecule has 6 heteroatoms. The van der Waals surface area contributed by atoms with E-state index in [1.54, 1.807) is 0 Å². The van der Waals surface area contributed by atoms with Gasteiger partial charge in [-0.15, -0.1) is 0 Å². The molecule has 0 bridgehead atoms. The van der Waals surface area contributed by atoms with Gasteiger partial charge >= 0.3 is 6.09 Å². The van der Waals surface area contributed by atoms with Gasteiger partial charge in [0.25, 0.3) is 0 Å². The number of rotatable bonds is 9. The van der Waals surface area contributed by atoms with Gasteiger partial charge < -0.3 is 20.1 Å². The van der Waals surface area contributed by atoms with Crippen molar-refractivity contribution in [3.8, 4) is 0 Å². The van der Waals surface area contributed by atoms with Crippen LogP contribution in [0.15, 0.2) is 0 Å². The fourth-order valence-corrected chi connectivity index (χ4v) is 1.56. The van der Waals surface area contributed by atoms with Crippen molar-refractivity contribution < 1.29 is 19.1 Å². The molecule has 0 aromatic carbocycles. The Morgan fingerprint density at radius 1 is 0.955 bits per heavy atom. The molecule has 6 nitrogen and oxygen atoms in total. The molecule has 0 spiro atoms. The Kier molecular flexibility index (Phi) is 9.09. The van der Waals surface area contributed by atoms with E-state index in [9.17, 15) is 9.59 Å². The van der Waals surface area contributed by atoms with Crippen LogP contribution in [0.2, 0.25) is 0 Å². The fourth-order valence-electron chi connectivity index (χ4n) is 1.56. The van der Waals surface area contributed by atoms with Crippen LogP contribution in [0.1, 0.15) is 54.4 Å². The molecule has 0 heterocycles. The van der Waals surface area contributed by atoms with Gasteiger partial charge in [-0.05, 0) is 33.6 Å². The Morgan fingerprint density at radius 2 is 1.59 bits per heavy atom. The number of alkyl carbamates (subject to hydrolysis) is 1. The highest BCUT2D eigenvalue weighted by Gasteiger charge is 2.26. The van der Waals surface area contributed by atoms with Crippen LogP contribution in [0.5, 0.6) is 0 Å². The van der Waals surface area contributed by atoms with Gasteiger partial charge in [0.1, 0.15) is 5.60 Å². The molecule has 2 N–H and O–H groups in total. The molecule has 0 fully saturated rings. The Bertz CT molecular complexity index is 349. The van der Waals surface area contributed by atoms with Gasteiger partial charge in [-0.3, -0.25) is 4.79 Å². The predicted octanol–water partition coefficient (Wildman–Crippen LogP) is 2.47. The molecule has 0 aromatic rings. The molecular weight excluding hydrogens is 284 g/mol. The molecule has 2 amide bonds. The largest absolute Gasteiger partial charge is 0.444 e. The number of ether oxygens (including phenoxy) is 2. The summed E-state index contributed by atoms with van der Waals surface area (Å²) in [5.41, 5.74) is -0.950. The Hall–Kier alpha value is -1.30. The van der Waals surface area contributed by atoms with Gasteiger partial charge in [0.15, 0.2) is 0 Å². The SMILES string of the molecule is CCCNC(=O)C(C)(C)CCOCCNC(=O)OC(C)(C)C. The normalized spacial score (nSPS) is 11.9. The summed E-state index contributed by atoms with van der Waals surface area (Å²) in [5.74, 6) is 0.0461. The van der Waals surface area contributed by atoms with E-state index < -0.39 is 17.1 Å². The lowest BCUT2D eigenvalue weighted by Crippen LogP contribution is -2.38. The maximum absolute atomic E-state index is 11.9. The van der Waals surface area contributed by atoms with E-state index in [4.69, 9.17) is 9.47 Å². The van der Waals surface area contributed by atoms with Gasteiger partial charge in [0.2, 0.25) is 5.91 Å². The van der Waals surface area contributed by atoms with E-state index in [1.165, 1.54) is 0 Å². The quantitative estimate of drug-likeness (QED) is 0.641. The van der Waals surface area contributed by atoms with E-state index in [1.807, 2.05) is 41.5 Å². The Morgan fingerprint density at radius 3 is 2.14 bits per heavy atom. The van der Waals surface area contributed by atoms with E-state index in [0.29, 0.717) is 32.7 Å². The summed E-state index contributed by atoms with van der Waals surface area (Å²) in [6, 6.07) is 0. The maximum atomic E-state index is 11.9. The minimum Gasteiger partial charge on any atom is -0.444 e. The summed E-state index contributed by atoms with van der Waals surface area (Å²) in [5, 5.41) is 5.52. The van der Waals surface area contributed by atoms with Crippen LogP contribution in [-0.4, -0.2) is 43.9 Å². The number of nitrogens with one attached hydrogen (secondary N) is 2. The van der Waals surface area contributed by atoms with Crippen molar-refractivity contribution in [1.82, 2.24) is 10.6 Å². The summed E-state index contributed by atoms with van der Waals surface area (Å²) in [6.07, 6.45) is 1.11. The van der Waals surface area contributed by atoms with Crippen molar-refractivity contribution >= 4 is 12.0 Å². The van der Waals surface area contributed by atoms with Crippen LogP contribution in [0, 0.1) is 5.41 Å². The summed E-state index contributed by atoms with van der Waals surface area (Å²) < 4.78 is 10.6. The van der Waals surface area contributed by atoms with Gasteiger partial charge in [-0.2, -0.15) is 0 Å². The van der Waals surface area contributed by atoms with Crippen LogP contribution >= 0.6 is 0 Å². The van der Waals surface area contributed by atoms with Crippen LogP contribution in [-0.2, 0) is 14.3 Å². The molecule has 0 radical (unpaired) electrons. The molecule has 0 saturated carbocycles. The molecule has 0 aromatic heterocycles. The fraction of sp³-hybridized carbons (Fsp3) is 0.875. The summed E-state index contributed by atoms with van der Waals surface area (Å²) in [4.78, 5) is 23.3. The van der Waals surface area contributed by atoms with Gasteiger partial charge in [-0.1, -0.05) is 20.8 Å². The van der Waals surface area contributed by atoms with E-state index >= 15 is 0 Å². The molecule has 22 heavy (non-hydrogen) atoms. The van der Waals surface area contributed by atoms with Crippen molar-refractivity contribution in [3.63, 3.8) is 0 Å². The molecule has 0 rings (SSSR count). The van der Waals surface area contributed by atoms with Crippen molar-refractivity contribution in [2.45, 2.75) is 60.0 Å². The highest BCUT2D eigenvalue weighted by atomic mass is 16.6. The average molecular weight is 316 g/mol. The Balaban J connectivity index is 3.76. The van der Waals surface area contributed by atoms with Crippen LogP contribution in [0.25, 0.3) is 0 Å². The van der Waals surface area contributed by atoms with Crippen LogP contribution in [0.3, 0.4) is 0 Å². The number of hydrogen-bond donors (Lipinski definition) is 2. The first-order valence-electron chi connectivity index (χ1n) is 7.91. The highest BCUT2D eigenvalue weighted by molar-refractivity contribution is 5.81. The van der Waals surface area contributed by atoms with Crippen LogP contribution in [0.4, 0.5) is 4.79 Å². The lowest BCUT2D eigenvalue weighted by atomic mass is 9.88. The zero-order valence-electron chi connectivity index (χ0n) is 14.9. The topological polar surface area (TPSA) is 76.7 Å². The third-order valence-corrected chi connectivity index (χ3v) is 2.94. The minimum absolute atomic E-state index is 0.0461. The van der Waals surface area contributed by atoms with Gasteiger partial charge in [-0.25, -0.2) is 4.79 Å². The van der Waals surface area contributed by atoms with Crippen molar-refractivity contribution in [3.05, 3.63) is 0 Å². The highest BCUT2D eigenvalue weighted by Crippen LogP contribution is 2.20. The van der Waals surface area contributed by atoms with E-state index in [2.05, 4.69) is 10.6 Å². The second-order valence-electron chi connectivity index (χ2n) is 6.93. The molecule has 0 saturated heterocycles. The predicted molar refractivity (Wildman–Crippen MR) is 86.8 cm³/mol. The van der Waals surface area contributed by atoms with Crippen molar-refractivity contribution in [2.75, 3.05) is 26.3 Å². The summed E-state index contributed by atoms with van der Waals surface area (Å²) >= 11 is 0. The van der Waals surface area contributed by atoms with E-state index in [0.717, 1.165) is 6.42 Å². The van der Waals surface area contributed by atoms with Gasteiger partial charge in [0.05, 0.1) is 6.61 Å². The van der Waals surface area contributed by atoms with E-state index in [-0.39, 0.29) is 5.91 Å². The molecule has 0 aliphatic rings. The van der Waals surface area contributed by atoms with Gasteiger partial charge in [0, 0.05) is 25.1 Å². The molecule has 0 aliphatic heterocycles. The minimum atomic E-state index is -0.499. The second-order valence-corrected chi connectivity index (χ2v) is 6.93. The molecule has 0 atom stereocenters. The maximum Gasteiger partial charge on any atom is 0.407 e. The standard InChI is InChI=1S/C16H32N2O4/c1-7-9-17-13(19)16(5,6)8-11-21-12-10-18-14(20)22-15(2,3)4/h7-12H2,1-6H3,(H,17,19)(H,18,20). The monoisotopic (exact) mass is 316 g/mol. The number of hydrogen-bond acceptors (Lipinski definition) is 4. The lowest BCUT2D eigenvalue weighted by Gasteiger charge is -2.23. The molecular formula is C16H32N2O4. The first-order valence-corrected chi connectivity index (χ1v) is 7.91. The summed E-state index contributed by atoms with van der Waals surface area (Å²) in [7, 11) is 0. The van der Waals surface area contributed by atoms with Crippen LogP contribution < -0.4 is 10.6 Å². The molecule has 0 unspecified atom stereocenters. The number of carbonyl (C=O) groups is 2. The van der Waals surface area contributed by atoms with Crippen molar-refractivity contribution in [1.29, 1.82) is 0 Å². The Labute approximate surface area is 134 Å². The van der Waals surface area contributed by atoms with Crippen molar-refractivity contribution in [2.24, 2.45) is 5.41 Å². The third kappa shape index (κ3) is 10.4. The third-order valence-electron chi connectivity index (χ3n) is 2.94. The number of amides is 2. The summed E-state index contributed by atoms with van der Waals surface area (Å²) in [6.45, 7) is 13.2. The first kappa shape index (κ1) is 20.7.